The van der Waals surface area contributed by atoms with Crippen LogP contribution in [0, 0.1) is 6.92 Å². The summed E-state index contributed by atoms with van der Waals surface area (Å²) in [4.78, 5) is 30.0. The number of hydrogen-bond donors (Lipinski definition) is 1. The Balaban J connectivity index is 1.28. The van der Waals surface area contributed by atoms with Gasteiger partial charge in [0.25, 0.3) is 5.91 Å². The molecule has 1 saturated heterocycles. The maximum absolute atomic E-state index is 13.6. The van der Waals surface area contributed by atoms with Gasteiger partial charge in [0.15, 0.2) is 0 Å². The number of aromatic nitrogens is 2. The molecule has 0 saturated carbocycles. The van der Waals surface area contributed by atoms with Crippen LogP contribution in [0.1, 0.15) is 47.6 Å². The molecule has 1 fully saturated rings. The lowest BCUT2D eigenvalue weighted by Crippen LogP contribution is -2.48. The van der Waals surface area contributed by atoms with Gasteiger partial charge in [-0.2, -0.15) is 5.10 Å². The van der Waals surface area contributed by atoms with Gasteiger partial charge in [0, 0.05) is 35.4 Å². The minimum atomic E-state index is -0.129. The number of urea groups is 1. The Morgan fingerprint density at radius 2 is 1.73 bits per heavy atom. The van der Waals surface area contributed by atoms with Gasteiger partial charge >= 0.3 is 6.03 Å². The minimum Gasteiger partial charge on any atom is -0.327 e. The summed E-state index contributed by atoms with van der Waals surface area (Å²) < 4.78 is 1.78. The zero-order valence-corrected chi connectivity index (χ0v) is 19.4. The summed E-state index contributed by atoms with van der Waals surface area (Å²) >= 11 is 5.92. The summed E-state index contributed by atoms with van der Waals surface area (Å²) in [7, 11) is 0. The summed E-state index contributed by atoms with van der Waals surface area (Å²) in [5.41, 5.74) is 4.15. The lowest BCUT2D eigenvalue weighted by molar-refractivity contribution is 0.0544. The van der Waals surface area contributed by atoms with E-state index in [-0.39, 0.29) is 24.0 Å². The smallest absolute Gasteiger partial charge is 0.321 e. The second-order valence-corrected chi connectivity index (χ2v) is 9.08. The number of likely N-dealkylation sites (tertiary alicyclic amines) is 1. The van der Waals surface area contributed by atoms with Gasteiger partial charge in [-0.25, -0.2) is 9.48 Å². The SMILES string of the molecule is Cc1nn(-c2ccccc2)c2c1C(C)N(C1CCN(C(=O)Nc3ccc(Cl)cc3)CC1)C2=O. The first kappa shape index (κ1) is 21.5. The van der Waals surface area contributed by atoms with Crippen LogP contribution in [0.25, 0.3) is 5.69 Å². The zero-order chi connectivity index (χ0) is 23.1. The fourth-order valence-electron chi connectivity index (χ4n) is 5.00. The topological polar surface area (TPSA) is 70.5 Å². The van der Waals surface area contributed by atoms with E-state index in [1.165, 1.54) is 0 Å². The Morgan fingerprint density at radius 1 is 1.06 bits per heavy atom. The first-order valence-corrected chi connectivity index (χ1v) is 11.6. The second-order valence-electron chi connectivity index (χ2n) is 8.64. The standard InChI is InChI=1S/C25H26ClN5O2/c1-16-22-17(2)30(24(32)23(22)31(28-16)21-6-4-3-5-7-21)20-12-14-29(15-13-20)25(33)27-19-10-8-18(26)9-11-19/h3-11,17,20H,12-15H2,1-2H3,(H,27,33). The Morgan fingerprint density at radius 3 is 2.39 bits per heavy atom. The molecule has 0 aliphatic carbocycles. The number of hydrogen-bond acceptors (Lipinski definition) is 3. The first-order valence-electron chi connectivity index (χ1n) is 11.2. The van der Waals surface area contributed by atoms with Crippen molar-refractivity contribution in [2.45, 2.75) is 38.8 Å². The minimum absolute atomic E-state index is 0.0195. The lowest BCUT2D eigenvalue weighted by atomic mass is 10.0. The van der Waals surface area contributed by atoms with Crippen molar-refractivity contribution in [3.8, 4) is 5.69 Å². The summed E-state index contributed by atoms with van der Waals surface area (Å²) in [5, 5.41) is 8.21. The van der Waals surface area contributed by atoms with Crippen LogP contribution in [0.2, 0.25) is 5.02 Å². The van der Waals surface area contributed by atoms with Crippen LogP contribution in [0.3, 0.4) is 0 Å². The number of benzene rings is 2. The predicted molar refractivity (Wildman–Crippen MR) is 128 cm³/mol. The number of fused-ring (bicyclic) bond motifs is 1. The number of carbonyl (C=O) groups is 2. The highest BCUT2D eigenvalue weighted by Gasteiger charge is 2.44. The van der Waals surface area contributed by atoms with Crippen LogP contribution >= 0.6 is 11.6 Å². The number of anilines is 1. The van der Waals surface area contributed by atoms with E-state index in [1.54, 1.807) is 33.8 Å². The van der Waals surface area contributed by atoms with Gasteiger partial charge in [-0.15, -0.1) is 0 Å². The number of halogens is 1. The van der Waals surface area contributed by atoms with Crippen molar-refractivity contribution in [3.05, 3.63) is 76.6 Å². The number of amides is 3. The Kier molecular flexibility index (Phi) is 5.58. The van der Waals surface area contributed by atoms with Crippen LogP contribution < -0.4 is 5.32 Å². The van der Waals surface area contributed by atoms with E-state index in [1.807, 2.05) is 42.2 Å². The third-order valence-electron chi connectivity index (χ3n) is 6.62. The number of rotatable bonds is 3. The number of aryl methyl sites for hydroxylation is 1. The van der Waals surface area contributed by atoms with E-state index in [9.17, 15) is 9.59 Å². The van der Waals surface area contributed by atoms with Crippen molar-refractivity contribution in [2.24, 2.45) is 0 Å². The average molecular weight is 464 g/mol. The van der Waals surface area contributed by atoms with Crippen molar-refractivity contribution in [3.63, 3.8) is 0 Å². The molecule has 33 heavy (non-hydrogen) atoms. The van der Waals surface area contributed by atoms with Gasteiger partial charge in [-0.1, -0.05) is 29.8 Å². The van der Waals surface area contributed by atoms with Crippen molar-refractivity contribution in [2.75, 3.05) is 18.4 Å². The molecule has 3 aromatic rings. The Hall–Kier alpha value is -3.32. The molecule has 7 nitrogen and oxygen atoms in total. The summed E-state index contributed by atoms with van der Waals surface area (Å²) in [6, 6.07) is 16.8. The second kappa shape index (κ2) is 8.56. The van der Waals surface area contributed by atoms with Crippen LogP contribution in [0.4, 0.5) is 10.5 Å². The van der Waals surface area contributed by atoms with Gasteiger partial charge < -0.3 is 15.1 Å². The number of piperidine rings is 1. The molecule has 2 aliphatic rings. The van der Waals surface area contributed by atoms with Gasteiger partial charge in [0.1, 0.15) is 5.69 Å². The fourth-order valence-corrected chi connectivity index (χ4v) is 5.13. The van der Waals surface area contributed by atoms with Crippen molar-refractivity contribution < 1.29 is 9.59 Å². The number of para-hydroxylation sites is 1. The molecule has 0 spiro atoms. The van der Waals surface area contributed by atoms with Gasteiger partial charge in [-0.05, 0) is 63.1 Å². The molecule has 2 aliphatic heterocycles. The maximum atomic E-state index is 13.6. The molecule has 0 bridgehead atoms. The highest BCUT2D eigenvalue weighted by atomic mass is 35.5. The summed E-state index contributed by atoms with van der Waals surface area (Å²) in [6.07, 6.45) is 1.48. The third kappa shape index (κ3) is 3.86. The first-order chi connectivity index (χ1) is 15.9. The number of carbonyl (C=O) groups excluding carboxylic acids is 2. The molecule has 1 N–H and O–H groups in total. The summed E-state index contributed by atoms with van der Waals surface area (Å²) in [6.45, 7) is 5.24. The predicted octanol–water partition coefficient (Wildman–Crippen LogP) is 5.05. The van der Waals surface area contributed by atoms with E-state index >= 15 is 0 Å². The van der Waals surface area contributed by atoms with Gasteiger partial charge in [0.2, 0.25) is 0 Å². The monoisotopic (exact) mass is 463 g/mol. The molecule has 2 aromatic carbocycles. The lowest BCUT2D eigenvalue weighted by Gasteiger charge is -2.38. The van der Waals surface area contributed by atoms with E-state index < -0.39 is 0 Å². The van der Waals surface area contributed by atoms with Crippen molar-refractivity contribution >= 4 is 29.2 Å². The molecule has 0 radical (unpaired) electrons. The van der Waals surface area contributed by atoms with E-state index in [2.05, 4.69) is 17.3 Å². The van der Waals surface area contributed by atoms with Crippen LogP contribution in [0.5, 0.6) is 0 Å². The van der Waals surface area contributed by atoms with Crippen LogP contribution in [-0.2, 0) is 0 Å². The molecule has 1 unspecified atom stereocenters. The number of nitrogens with one attached hydrogen (secondary N) is 1. The van der Waals surface area contributed by atoms with Crippen LogP contribution in [0.15, 0.2) is 54.6 Å². The highest BCUT2D eigenvalue weighted by Crippen LogP contribution is 2.40. The van der Waals surface area contributed by atoms with Crippen molar-refractivity contribution in [1.82, 2.24) is 19.6 Å². The third-order valence-corrected chi connectivity index (χ3v) is 6.87. The Labute approximate surface area is 197 Å². The largest absolute Gasteiger partial charge is 0.327 e. The molecule has 5 rings (SSSR count). The average Bonchev–Trinajstić information content (AvgIpc) is 3.31. The van der Waals surface area contributed by atoms with E-state index in [0.717, 1.165) is 29.8 Å². The molecule has 170 valence electrons. The molecule has 8 heteroatoms. The van der Waals surface area contributed by atoms with Gasteiger partial charge in [0.05, 0.1) is 17.4 Å². The molecular formula is C25H26ClN5O2. The van der Waals surface area contributed by atoms with E-state index in [4.69, 9.17) is 11.6 Å². The fraction of sp³-hybridized carbons (Fsp3) is 0.320. The highest BCUT2D eigenvalue weighted by molar-refractivity contribution is 6.30. The van der Waals surface area contributed by atoms with Gasteiger partial charge in [-0.3, -0.25) is 4.79 Å². The maximum Gasteiger partial charge on any atom is 0.321 e. The van der Waals surface area contributed by atoms with Crippen LogP contribution in [-0.4, -0.2) is 50.6 Å². The molecule has 1 aromatic heterocycles. The normalized spacial score (nSPS) is 18.5. The quantitative estimate of drug-likeness (QED) is 0.591. The Bertz CT molecular complexity index is 1180. The summed E-state index contributed by atoms with van der Waals surface area (Å²) in [5.74, 6) is 0.0195. The van der Waals surface area contributed by atoms with Crippen molar-refractivity contribution in [1.29, 1.82) is 0 Å². The molecule has 1 atom stereocenters. The number of nitrogens with zero attached hydrogens (tertiary/aromatic N) is 4. The van der Waals surface area contributed by atoms with E-state index in [0.29, 0.717) is 29.5 Å². The molecular weight excluding hydrogens is 438 g/mol. The molecule has 3 amide bonds. The zero-order valence-electron chi connectivity index (χ0n) is 18.7. The molecule has 3 heterocycles.